The highest BCUT2D eigenvalue weighted by atomic mass is 15.3. The van der Waals surface area contributed by atoms with Gasteiger partial charge in [-0.25, -0.2) is 0 Å². The van der Waals surface area contributed by atoms with Crippen molar-refractivity contribution in [2.45, 2.75) is 66.5 Å². The SMILES string of the molecule is CCN1B(C#CB2N(C(C)(C)C)C=CN2C(C)(C)C)N(CC)c2ccccc21. The van der Waals surface area contributed by atoms with E-state index < -0.39 is 0 Å². The molecular formula is C22H34B2N4. The smallest absolute Gasteiger partial charge is 0.385 e. The quantitative estimate of drug-likeness (QED) is 0.569. The lowest BCUT2D eigenvalue weighted by Crippen LogP contribution is -2.56. The highest BCUT2D eigenvalue weighted by Gasteiger charge is 2.43. The summed E-state index contributed by atoms with van der Waals surface area (Å²) >= 11 is 0. The van der Waals surface area contributed by atoms with Crippen LogP contribution in [0.2, 0.25) is 0 Å². The summed E-state index contributed by atoms with van der Waals surface area (Å²) < 4.78 is 0. The zero-order valence-electron chi connectivity index (χ0n) is 18.8. The largest absolute Gasteiger partial charge is 0.464 e. The van der Waals surface area contributed by atoms with Crippen LogP contribution in [-0.2, 0) is 0 Å². The molecule has 1 aromatic carbocycles. The molecule has 6 heteroatoms. The molecule has 0 bridgehead atoms. The molecule has 0 aliphatic carbocycles. The van der Waals surface area contributed by atoms with E-state index >= 15 is 0 Å². The lowest BCUT2D eigenvalue weighted by Gasteiger charge is -2.40. The Morgan fingerprint density at radius 3 is 1.46 bits per heavy atom. The van der Waals surface area contributed by atoms with E-state index in [-0.39, 0.29) is 25.0 Å². The van der Waals surface area contributed by atoms with Crippen LogP contribution in [0.3, 0.4) is 0 Å². The highest BCUT2D eigenvalue weighted by Crippen LogP contribution is 2.37. The minimum atomic E-state index is 0.0172. The second-order valence-corrected chi connectivity index (χ2v) is 9.55. The number of rotatable bonds is 2. The van der Waals surface area contributed by atoms with Crippen molar-refractivity contribution >= 4 is 25.3 Å². The van der Waals surface area contributed by atoms with Crippen molar-refractivity contribution in [2.24, 2.45) is 0 Å². The lowest BCUT2D eigenvalue weighted by atomic mass is 9.64. The minimum absolute atomic E-state index is 0.0172. The van der Waals surface area contributed by atoms with Crippen molar-refractivity contribution in [1.29, 1.82) is 0 Å². The van der Waals surface area contributed by atoms with Gasteiger partial charge in [0, 0.05) is 47.9 Å². The van der Waals surface area contributed by atoms with Crippen molar-refractivity contribution in [3.8, 4) is 11.6 Å². The van der Waals surface area contributed by atoms with Crippen molar-refractivity contribution in [1.82, 2.24) is 9.62 Å². The lowest BCUT2D eigenvalue weighted by molar-refractivity contribution is 0.287. The number of para-hydroxylation sites is 2. The fourth-order valence-corrected chi connectivity index (χ4v) is 4.13. The van der Waals surface area contributed by atoms with Gasteiger partial charge in [0.15, 0.2) is 0 Å². The van der Waals surface area contributed by atoms with E-state index in [0.29, 0.717) is 0 Å². The van der Waals surface area contributed by atoms with Gasteiger partial charge in [-0.15, -0.1) is 11.6 Å². The van der Waals surface area contributed by atoms with Gasteiger partial charge in [-0.2, -0.15) is 0 Å². The van der Waals surface area contributed by atoms with Crippen LogP contribution in [-0.4, -0.2) is 47.8 Å². The molecule has 1 aromatic rings. The Morgan fingerprint density at radius 2 is 1.11 bits per heavy atom. The minimum Gasteiger partial charge on any atom is -0.385 e. The molecule has 0 fully saturated rings. The van der Waals surface area contributed by atoms with Crippen LogP contribution >= 0.6 is 0 Å². The molecule has 0 amide bonds. The van der Waals surface area contributed by atoms with Crippen LogP contribution in [0.5, 0.6) is 0 Å². The molecule has 2 heterocycles. The van der Waals surface area contributed by atoms with Crippen LogP contribution in [0.1, 0.15) is 55.4 Å². The normalized spacial score (nSPS) is 16.7. The third kappa shape index (κ3) is 3.60. The van der Waals surface area contributed by atoms with E-state index in [1.165, 1.54) is 11.4 Å². The molecule has 0 saturated heterocycles. The Bertz CT molecular complexity index is 742. The molecule has 28 heavy (non-hydrogen) atoms. The second kappa shape index (κ2) is 7.35. The summed E-state index contributed by atoms with van der Waals surface area (Å²) in [7, 11) is 0. The molecule has 2 aliphatic rings. The number of anilines is 2. The zero-order valence-corrected chi connectivity index (χ0v) is 18.8. The molecule has 0 atom stereocenters. The number of hydrogen-bond donors (Lipinski definition) is 0. The average Bonchev–Trinajstić information content (AvgIpc) is 3.17. The van der Waals surface area contributed by atoms with Gasteiger partial charge in [0.1, 0.15) is 0 Å². The summed E-state index contributed by atoms with van der Waals surface area (Å²) in [6.07, 6.45) is 4.40. The van der Waals surface area contributed by atoms with Crippen molar-refractivity contribution in [2.75, 3.05) is 22.7 Å². The fourth-order valence-electron chi connectivity index (χ4n) is 4.13. The van der Waals surface area contributed by atoms with E-state index in [9.17, 15) is 0 Å². The third-order valence-electron chi connectivity index (χ3n) is 5.58. The first kappa shape index (κ1) is 20.6. The molecule has 2 aliphatic heterocycles. The van der Waals surface area contributed by atoms with Gasteiger partial charge in [0.05, 0.1) is 0 Å². The van der Waals surface area contributed by atoms with Crippen LogP contribution in [0.4, 0.5) is 11.4 Å². The third-order valence-corrected chi connectivity index (χ3v) is 5.58. The van der Waals surface area contributed by atoms with E-state index in [1.807, 2.05) is 0 Å². The average molecular weight is 376 g/mol. The molecular weight excluding hydrogens is 342 g/mol. The summed E-state index contributed by atoms with van der Waals surface area (Å²) in [4.78, 5) is 9.58. The maximum atomic E-state index is 3.66. The summed E-state index contributed by atoms with van der Waals surface area (Å²) in [5.41, 5.74) is 2.61. The Kier molecular flexibility index (Phi) is 5.40. The summed E-state index contributed by atoms with van der Waals surface area (Å²) in [5, 5.41) is 0. The van der Waals surface area contributed by atoms with Crippen LogP contribution < -0.4 is 9.62 Å². The Morgan fingerprint density at radius 1 is 0.714 bits per heavy atom. The summed E-state index contributed by atoms with van der Waals surface area (Å²) in [6.45, 7) is 19.9. The maximum absolute atomic E-state index is 3.66. The monoisotopic (exact) mass is 376 g/mol. The van der Waals surface area contributed by atoms with E-state index in [4.69, 9.17) is 0 Å². The molecule has 0 aromatic heterocycles. The van der Waals surface area contributed by atoms with Gasteiger partial charge in [0.2, 0.25) is 0 Å². The first-order valence-corrected chi connectivity index (χ1v) is 10.5. The van der Waals surface area contributed by atoms with Gasteiger partial charge in [-0.3, -0.25) is 0 Å². The first-order chi connectivity index (χ1) is 13.1. The summed E-state index contributed by atoms with van der Waals surface area (Å²) in [6, 6.07) is 8.66. The molecule has 0 radical (unpaired) electrons. The topological polar surface area (TPSA) is 13.0 Å². The fraction of sp³-hybridized carbons (Fsp3) is 0.545. The standard InChI is InChI=1S/C22H34B2N4/c1-9-25-19-13-11-12-14-20(19)26(10-2)23(25)15-16-24-27(21(3,4)5)17-18-28(24)22(6,7)8/h11-14,17-18H,9-10H2,1-8H3. The van der Waals surface area contributed by atoms with Gasteiger partial charge < -0.3 is 19.2 Å². The summed E-state index contributed by atoms with van der Waals surface area (Å²) in [5.74, 6) is 7.31. The highest BCUT2D eigenvalue weighted by molar-refractivity contribution is 6.79. The molecule has 0 saturated carbocycles. The van der Waals surface area contributed by atoms with Crippen LogP contribution in [0, 0.1) is 11.6 Å². The van der Waals surface area contributed by atoms with Crippen molar-refractivity contribution in [3.63, 3.8) is 0 Å². The first-order valence-electron chi connectivity index (χ1n) is 10.5. The van der Waals surface area contributed by atoms with E-state index in [1.54, 1.807) is 0 Å². The van der Waals surface area contributed by atoms with Gasteiger partial charge in [-0.05, 0) is 67.5 Å². The predicted molar refractivity (Wildman–Crippen MR) is 124 cm³/mol. The maximum Gasteiger partial charge on any atom is 0.464 e. The van der Waals surface area contributed by atoms with Crippen molar-refractivity contribution in [3.05, 3.63) is 36.7 Å². The molecule has 0 unspecified atom stereocenters. The van der Waals surface area contributed by atoms with E-state index in [0.717, 1.165) is 13.1 Å². The molecule has 0 N–H and O–H groups in total. The molecule has 3 rings (SSSR count). The second-order valence-electron chi connectivity index (χ2n) is 9.55. The molecule has 4 nitrogen and oxygen atoms in total. The predicted octanol–water partition coefficient (Wildman–Crippen LogP) is 4.10. The van der Waals surface area contributed by atoms with Crippen LogP contribution in [0.15, 0.2) is 36.7 Å². The van der Waals surface area contributed by atoms with Gasteiger partial charge in [-0.1, -0.05) is 12.1 Å². The molecule has 0 spiro atoms. The number of fused-ring (bicyclic) bond motifs is 1. The number of hydrogen-bond acceptors (Lipinski definition) is 4. The van der Waals surface area contributed by atoms with Gasteiger partial charge >= 0.3 is 14.0 Å². The number of nitrogens with zero attached hydrogens (tertiary/aromatic N) is 4. The zero-order chi connectivity index (χ0) is 20.7. The Balaban J connectivity index is 1.98. The Hall–Kier alpha value is -2.15. The van der Waals surface area contributed by atoms with Crippen LogP contribution in [0.25, 0.3) is 0 Å². The Labute approximate surface area is 172 Å². The van der Waals surface area contributed by atoms with Crippen molar-refractivity contribution < 1.29 is 0 Å². The molecule has 148 valence electrons. The number of benzene rings is 1. The van der Waals surface area contributed by atoms with E-state index in [2.05, 4.69) is 123 Å². The van der Waals surface area contributed by atoms with Gasteiger partial charge in [0.25, 0.3) is 0 Å².